The summed E-state index contributed by atoms with van der Waals surface area (Å²) in [4.78, 5) is 24.2. The van der Waals surface area contributed by atoms with Gasteiger partial charge in [-0.2, -0.15) is 0 Å². The summed E-state index contributed by atoms with van der Waals surface area (Å²) in [5.41, 5.74) is 0.683. The number of nitrogens with one attached hydrogen (secondary N) is 1. The molecular formula is C23H29NO5. The Morgan fingerprint density at radius 2 is 1.83 bits per heavy atom. The number of carboxylic acid groups (broad SMARTS) is 1. The van der Waals surface area contributed by atoms with Crippen molar-refractivity contribution in [2.45, 2.75) is 38.6 Å². The van der Waals surface area contributed by atoms with Crippen LogP contribution >= 0.6 is 0 Å². The summed E-state index contributed by atoms with van der Waals surface area (Å²) < 4.78 is 10.6. The molecule has 2 aromatic rings. The topological polar surface area (TPSA) is 84.9 Å². The Labute approximate surface area is 171 Å². The molecule has 0 aromatic heterocycles. The SMILES string of the molecule is COc1cccc(C(C)(CC(=O)O)NC(=O)CC(C)Cc2ccccc2OC)c1. The van der Waals surface area contributed by atoms with Gasteiger partial charge in [-0.05, 0) is 48.6 Å². The third-order valence-electron chi connectivity index (χ3n) is 4.92. The Morgan fingerprint density at radius 1 is 1.10 bits per heavy atom. The molecule has 0 saturated carbocycles. The highest BCUT2D eigenvalue weighted by Gasteiger charge is 2.32. The maximum atomic E-state index is 12.8. The van der Waals surface area contributed by atoms with Gasteiger partial charge in [0.2, 0.25) is 5.91 Å². The number of rotatable bonds is 10. The minimum absolute atomic E-state index is 0.0608. The molecule has 2 aromatic carbocycles. The van der Waals surface area contributed by atoms with Crippen LogP contribution in [0.4, 0.5) is 0 Å². The lowest BCUT2D eigenvalue weighted by Gasteiger charge is -2.31. The molecule has 0 heterocycles. The van der Waals surface area contributed by atoms with Crippen molar-refractivity contribution in [1.29, 1.82) is 0 Å². The molecule has 0 aliphatic rings. The Kier molecular flexibility index (Phi) is 7.65. The van der Waals surface area contributed by atoms with Gasteiger partial charge in [-0.25, -0.2) is 0 Å². The standard InChI is InChI=1S/C23H29NO5/c1-16(12-17-8-5-6-11-20(17)29-4)13-21(25)24-23(2,15-22(26)27)18-9-7-10-19(14-18)28-3/h5-11,14,16H,12-13,15H2,1-4H3,(H,24,25)(H,26,27). The molecule has 29 heavy (non-hydrogen) atoms. The Bertz CT molecular complexity index is 851. The van der Waals surface area contributed by atoms with Crippen molar-refractivity contribution >= 4 is 11.9 Å². The third kappa shape index (κ3) is 6.24. The van der Waals surface area contributed by atoms with Gasteiger partial charge in [-0.15, -0.1) is 0 Å². The predicted octanol–water partition coefficient (Wildman–Crippen LogP) is 3.78. The molecule has 0 radical (unpaired) electrons. The first-order valence-electron chi connectivity index (χ1n) is 9.56. The van der Waals surface area contributed by atoms with Crippen LogP contribution in [-0.4, -0.2) is 31.2 Å². The number of benzene rings is 2. The Morgan fingerprint density at radius 3 is 2.48 bits per heavy atom. The Balaban J connectivity index is 2.12. The first-order chi connectivity index (χ1) is 13.8. The summed E-state index contributed by atoms with van der Waals surface area (Å²) in [5, 5.41) is 12.3. The molecule has 0 bridgehead atoms. The number of hydrogen-bond acceptors (Lipinski definition) is 4. The van der Waals surface area contributed by atoms with Gasteiger partial charge in [-0.1, -0.05) is 37.3 Å². The van der Waals surface area contributed by atoms with E-state index in [1.165, 1.54) is 0 Å². The van der Waals surface area contributed by atoms with E-state index in [-0.39, 0.29) is 24.7 Å². The quantitative estimate of drug-likeness (QED) is 0.635. The van der Waals surface area contributed by atoms with Gasteiger partial charge >= 0.3 is 5.97 Å². The van der Waals surface area contributed by atoms with E-state index in [0.29, 0.717) is 17.7 Å². The molecule has 2 N–H and O–H groups in total. The van der Waals surface area contributed by atoms with Gasteiger partial charge in [0.1, 0.15) is 11.5 Å². The molecule has 2 unspecified atom stereocenters. The summed E-state index contributed by atoms with van der Waals surface area (Å²) in [7, 11) is 3.17. The number of ether oxygens (including phenoxy) is 2. The second-order valence-electron chi connectivity index (χ2n) is 7.51. The second kappa shape index (κ2) is 9.96. The monoisotopic (exact) mass is 399 g/mol. The van der Waals surface area contributed by atoms with Crippen molar-refractivity contribution in [1.82, 2.24) is 5.32 Å². The van der Waals surface area contributed by atoms with Crippen molar-refractivity contribution in [3.63, 3.8) is 0 Å². The summed E-state index contributed by atoms with van der Waals surface area (Å²) in [6.07, 6.45) is 0.732. The molecule has 6 heteroatoms. The Hall–Kier alpha value is -3.02. The molecule has 0 aliphatic carbocycles. The largest absolute Gasteiger partial charge is 0.497 e. The first-order valence-corrected chi connectivity index (χ1v) is 9.56. The van der Waals surface area contributed by atoms with Crippen LogP contribution in [0, 0.1) is 5.92 Å². The molecule has 1 amide bonds. The fraction of sp³-hybridized carbons (Fsp3) is 0.391. The van der Waals surface area contributed by atoms with Gasteiger partial charge in [0, 0.05) is 6.42 Å². The fourth-order valence-corrected chi connectivity index (χ4v) is 3.48. The van der Waals surface area contributed by atoms with Crippen molar-refractivity contribution in [3.8, 4) is 11.5 Å². The zero-order valence-corrected chi connectivity index (χ0v) is 17.4. The van der Waals surface area contributed by atoms with E-state index < -0.39 is 11.5 Å². The minimum atomic E-state index is -1.04. The zero-order chi connectivity index (χ0) is 21.4. The van der Waals surface area contributed by atoms with E-state index in [4.69, 9.17) is 9.47 Å². The highest BCUT2D eigenvalue weighted by Crippen LogP contribution is 2.29. The summed E-state index contributed by atoms with van der Waals surface area (Å²) in [5.74, 6) is 0.284. The maximum absolute atomic E-state index is 12.8. The summed E-state index contributed by atoms with van der Waals surface area (Å²) >= 11 is 0. The predicted molar refractivity (Wildman–Crippen MR) is 111 cm³/mol. The van der Waals surface area contributed by atoms with Gasteiger partial charge in [0.05, 0.1) is 26.2 Å². The van der Waals surface area contributed by atoms with E-state index >= 15 is 0 Å². The molecule has 2 rings (SSSR count). The van der Waals surface area contributed by atoms with Gasteiger partial charge in [0.15, 0.2) is 0 Å². The molecule has 0 saturated heterocycles. The molecule has 0 fully saturated rings. The van der Waals surface area contributed by atoms with Gasteiger partial charge in [-0.3, -0.25) is 9.59 Å². The number of hydrogen-bond donors (Lipinski definition) is 2. The average Bonchev–Trinajstić information content (AvgIpc) is 2.67. The molecule has 6 nitrogen and oxygen atoms in total. The van der Waals surface area contributed by atoms with Crippen LogP contribution in [0.1, 0.15) is 37.8 Å². The van der Waals surface area contributed by atoms with Crippen LogP contribution in [0.5, 0.6) is 11.5 Å². The van der Waals surface area contributed by atoms with Crippen molar-refractivity contribution < 1.29 is 24.2 Å². The van der Waals surface area contributed by atoms with Crippen LogP contribution in [-0.2, 0) is 21.5 Å². The molecular weight excluding hydrogens is 370 g/mol. The van der Waals surface area contributed by atoms with Gasteiger partial charge < -0.3 is 19.9 Å². The lowest BCUT2D eigenvalue weighted by atomic mass is 9.87. The highest BCUT2D eigenvalue weighted by atomic mass is 16.5. The second-order valence-corrected chi connectivity index (χ2v) is 7.51. The number of carbonyl (C=O) groups excluding carboxylic acids is 1. The maximum Gasteiger partial charge on any atom is 0.306 e. The van der Waals surface area contributed by atoms with Crippen LogP contribution in [0.15, 0.2) is 48.5 Å². The number of aliphatic carboxylic acids is 1. The minimum Gasteiger partial charge on any atom is -0.497 e. The lowest BCUT2D eigenvalue weighted by molar-refractivity contribution is -0.139. The third-order valence-corrected chi connectivity index (χ3v) is 4.92. The zero-order valence-electron chi connectivity index (χ0n) is 17.4. The fourth-order valence-electron chi connectivity index (χ4n) is 3.48. The number of carboxylic acids is 1. The highest BCUT2D eigenvalue weighted by molar-refractivity contribution is 5.79. The van der Waals surface area contributed by atoms with E-state index in [9.17, 15) is 14.7 Å². The van der Waals surface area contributed by atoms with E-state index in [0.717, 1.165) is 11.3 Å². The van der Waals surface area contributed by atoms with Crippen LogP contribution < -0.4 is 14.8 Å². The first kappa shape index (κ1) is 22.3. The molecule has 0 spiro atoms. The van der Waals surface area contributed by atoms with Crippen molar-refractivity contribution in [3.05, 3.63) is 59.7 Å². The molecule has 156 valence electrons. The van der Waals surface area contributed by atoms with E-state index in [1.54, 1.807) is 45.4 Å². The average molecular weight is 399 g/mol. The smallest absolute Gasteiger partial charge is 0.306 e. The summed E-state index contributed by atoms with van der Waals surface area (Å²) in [6.45, 7) is 3.71. The number of para-hydroxylation sites is 1. The number of amides is 1. The van der Waals surface area contributed by atoms with Crippen LogP contribution in [0.3, 0.4) is 0 Å². The molecule has 0 aliphatic heterocycles. The van der Waals surface area contributed by atoms with Crippen LogP contribution in [0.25, 0.3) is 0 Å². The normalized spacial score (nSPS) is 13.8. The van der Waals surface area contributed by atoms with E-state index in [1.807, 2.05) is 31.2 Å². The number of methoxy groups -OCH3 is 2. The van der Waals surface area contributed by atoms with Crippen molar-refractivity contribution in [2.24, 2.45) is 5.92 Å². The van der Waals surface area contributed by atoms with Crippen molar-refractivity contribution in [2.75, 3.05) is 14.2 Å². The summed E-state index contributed by atoms with van der Waals surface area (Å²) in [6, 6.07) is 14.8. The van der Waals surface area contributed by atoms with Gasteiger partial charge in [0.25, 0.3) is 0 Å². The van der Waals surface area contributed by atoms with Crippen LogP contribution in [0.2, 0.25) is 0 Å². The lowest BCUT2D eigenvalue weighted by Crippen LogP contribution is -2.45. The van der Waals surface area contributed by atoms with E-state index in [2.05, 4.69) is 5.32 Å². The molecule has 2 atom stereocenters. The number of carbonyl (C=O) groups is 2.